The smallest absolute Gasteiger partial charge is 0.243 e. The number of hydrogen-bond acceptors (Lipinski definition) is 5. The summed E-state index contributed by atoms with van der Waals surface area (Å²) in [7, 11) is -3.44. The molecular formula is C18H30N2O4S. The molecule has 0 unspecified atom stereocenters. The van der Waals surface area contributed by atoms with Gasteiger partial charge >= 0.3 is 0 Å². The molecule has 1 heterocycles. The number of ether oxygens (including phenoxy) is 2. The van der Waals surface area contributed by atoms with Crippen molar-refractivity contribution in [1.82, 2.24) is 9.21 Å². The molecule has 0 radical (unpaired) electrons. The Hall–Kier alpha value is -1.15. The zero-order valence-corrected chi connectivity index (χ0v) is 16.1. The molecule has 1 aliphatic heterocycles. The molecule has 2 rings (SSSR count). The van der Waals surface area contributed by atoms with E-state index in [9.17, 15) is 8.42 Å². The second-order valence-electron chi connectivity index (χ2n) is 6.12. The van der Waals surface area contributed by atoms with Gasteiger partial charge in [-0.05, 0) is 43.8 Å². The summed E-state index contributed by atoms with van der Waals surface area (Å²) in [5.74, 6) is 0.701. The van der Waals surface area contributed by atoms with Gasteiger partial charge in [0.05, 0.1) is 18.1 Å². The van der Waals surface area contributed by atoms with E-state index in [0.29, 0.717) is 43.6 Å². The van der Waals surface area contributed by atoms with Crippen molar-refractivity contribution in [2.75, 3.05) is 52.5 Å². The van der Waals surface area contributed by atoms with Gasteiger partial charge in [0.1, 0.15) is 12.4 Å². The SMILES string of the molecule is CCCCN(CC)CCOc1ccc(S(=O)(=O)N2CCOCC2)cc1. The van der Waals surface area contributed by atoms with Gasteiger partial charge in [-0.1, -0.05) is 20.3 Å². The molecule has 0 bridgehead atoms. The molecule has 0 saturated carbocycles. The van der Waals surface area contributed by atoms with Crippen LogP contribution in [0.3, 0.4) is 0 Å². The lowest BCUT2D eigenvalue weighted by atomic mass is 10.3. The zero-order chi connectivity index (χ0) is 18.1. The number of benzene rings is 1. The Morgan fingerprint density at radius 1 is 1.12 bits per heavy atom. The second-order valence-corrected chi connectivity index (χ2v) is 8.06. The van der Waals surface area contributed by atoms with Crippen molar-refractivity contribution in [3.05, 3.63) is 24.3 Å². The first-order chi connectivity index (χ1) is 12.1. The van der Waals surface area contributed by atoms with Crippen molar-refractivity contribution in [3.63, 3.8) is 0 Å². The predicted molar refractivity (Wildman–Crippen MR) is 98.5 cm³/mol. The molecule has 1 aromatic rings. The van der Waals surface area contributed by atoms with Gasteiger partial charge in [-0.2, -0.15) is 4.31 Å². The quantitative estimate of drug-likeness (QED) is 0.632. The number of hydrogen-bond donors (Lipinski definition) is 0. The van der Waals surface area contributed by atoms with Crippen LogP contribution in [0.25, 0.3) is 0 Å². The van der Waals surface area contributed by atoms with Crippen LogP contribution in [-0.2, 0) is 14.8 Å². The van der Waals surface area contributed by atoms with Crippen molar-refractivity contribution in [3.8, 4) is 5.75 Å². The molecule has 0 aromatic heterocycles. The number of likely N-dealkylation sites (N-methyl/N-ethyl adjacent to an activating group) is 1. The highest BCUT2D eigenvalue weighted by Gasteiger charge is 2.26. The zero-order valence-electron chi connectivity index (χ0n) is 15.3. The monoisotopic (exact) mass is 370 g/mol. The molecule has 1 aromatic carbocycles. The molecule has 0 amide bonds. The highest BCUT2D eigenvalue weighted by molar-refractivity contribution is 7.89. The maximum absolute atomic E-state index is 12.6. The van der Waals surface area contributed by atoms with Crippen LogP contribution in [0.4, 0.5) is 0 Å². The molecule has 1 saturated heterocycles. The van der Waals surface area contributed by atoms with E-state index in [1.807, 2.05) is 0 Å². The van der Waals surface area contributed by atoms with Crippen molar-refractivity contribution in [1.29, 1.82) is 0 Å². The first-order valence-electron chi connectivity index (χ1n) is 9.11. The van der Waals surface area contributed by atoms with Crippen molar-refractivity contribution in [2.45, 2.75) is 31.6 Å². The van der Waals surface area contributed by atoms with Crippen molar-refractivity contribution < 1.29 is 17.9 Å². The third-order valence-electron chi connectivity index (χ3n) is 4.38. The summed E-state index contributed by atoms with van der Waals surface area (Å²) in [6.45, 7) is 9.65. The molecule has 0 aliphatic carbocycles. The van der Waals surface area contributed by atoms with Gasteiger partial charge in [0.15, 0.2) is 0 Å². The minimum atomic E-state index is -3.44. The minimum absolute atomic E-state index is 0.305. The molecule has 0 atom stereocenters. The third-order valence-corrected chi connectivity index (χ3v) is 6.30. The van der Waals surface area contributed by atoms with Gasteiger partial charge in [0.25, 0.3) is 0 Å². The molecule has 7 heteroatoms. The Bertz CT molecular complexity index is 598. The molecule has 1 fully saturated rings. The van der Waals surface area contributed by atoms with E-state index in [1.165, 1.54) is 17.1 Å². The maximum atomic E-state index is 12.6. The number of rotatable bonds is 10. The van der Waals surface area contributed by atoms with Gasteiger partial charge in [-0.25, -0.2) is 8.42 Å². The number of sulfonamides is 1. The summed E-state index contributed by atoms with van der Waals surface area (Å²) in [6, 6.07) is 6.70. The fourth-order valence-electron chi connectivity index (χ4n) is 2.75. The Kier molecular flexibility index (Phi) is 8.15. The van der Waals surface area contributed by atoms with E-state index in [0.717, 1.165) is 19.6 Å². The number of morpholine rings is 1. The summed E-state index contributed by atoms with van der Waals surface area (Å²) in [5.41, 5.74) is 0. The Morgan fingerprint density at radius 3 is 2.40 bits per heavy atom. The van der Waals surface area contributed by atoms with Gasteiger partial charge < -0.3 is 14.4 Å². The molecule has 142 valence electrons. The van der Waals surface area contributed by atoms with Crippen LogP contribution in [0.2, 0.25) is 0 Å². The molecule has 1 aliphatic rings. The first kappa shape index (κ1) is 20.2. The summed E-state index contributed by atoms with van der Waals surface area (Å²) in [5, 5.41) is 0. The fourth-order valence-corrected chi connectivity index (χ4v) is 4.15. The lowest BCUT2D eigenvalue weighted by Gasteiger charge is -2.26. The van der Waals surface area contributed by atoms with Crippen molar-refractivity contribution >= 4 is 10.0 Å². The number of nitrogens with zero attached hydrogens (tertiary/aromatic N) is 2. The predicted octanol–water partition coefficient (Wildman–Crippen LogP) is 2.21. The van der Waals surface area contributed by atoms with Crippen molar-refractivity contribution in [2.24, 2.45) is 0 Å². The standard InChI is InChI=1S/C18H30N2O4S/c1-3-5-10-19(4-2)11-16-24-17-6-8-18(9-7-17)25(21,22)20-12-14-23-15-13-20/h6-9H,3-5,10-16H2,1-2H3. The first-order valence-corrected chi connectivity index (χ1v) is 10.5. The van der Waals surface area contributed by atoms with Crippen LogP contribution in [0.1, 0.15) is 26.7 Å². The van der Waals surface area contributed by atoms with Crippen LogP contribution in [0.5, 0.6) is 5.75 Å². The van der Waals surface area contributed by atoms with Crippen LogP contribution >= 0.6 is 0 Å². The molecule has 0 N–H and O–H groups in total. The van der Waals surface area contributed by atoms with E-state index >= 15 is 0 Å². The van der Waals surface area contributed by atoms with E-state index in [-0.39, 0.29) is 0 Å². The van der Waals surface area contributed by atoms with Crippen LogP contribution < -0.4 is 4.74 Å². The van der Waals surface area contributed by atoms with Gasteiger partial charge in [-0.3, -0.25) is 0 Å². The van der Waals surface area contributed by atoms with E-state index in [1.54, 1.807) is 24.3 Å². The minimum Gasteiger partial charge on any atom is -0.492 e. The average Bonchev–Trinajstić information content (AvgIpc) is 2.65. The summed E-state index contributed by atoms with van der Waals surface area (Å²) >= 11 is 0. The summed E-state index contributed by atoms with van der Waals surface area (Å²) < 4.78 is 37.6. The second kappa shape index (κ2) is 10.1. The van der Waals surface area contributed by atoms with Gasteiger partial charge in [-0.15, -0.1) is 0 Å². The Balaban J connectivity index is 1.87. The van der Waals surface area contributed by atoms with Gasteiger partial charge in [0.2, 0.25) is 10.0 Å². The van der Waals surface area contributed by atoms with Crippen LogP contribution in [0.15, 0.2) is 29.2 Å². The highest BCUT2D eigenvalue weighted by Crippen LogP contribution is 2.20. The third kappa shape index (κ3) is 5.95. The summed E-state index contributed by atoms with van der Waals surface area (Å²) in [4.78, 5) is 2.67. The van der Waals surface area contributed by atoms with Gasteiger partial charge in [0, 0.05) is 19.6 Å². The molecule has 25 heavy (non-hydrogen) atoms. The average molecular weight is 371 g/mol. The molecule has 6 nitrogen and oxygen atoms in total. The lowest BCUT2D eigenvalue weighted by Crippen LogP contribution is -2.40. The van der Waals surface area contributed by atoms with Crippen LogP contribution in [0, 0.1) is 0 Å². The number of unbranched alkanes of at least 4 members (excludes halogenated alkanes) is 1. The Labute approximate surface area is 151 Å². The normalized spacial score (nSPS) is 16.3. The van der Waals surface area contributed by atoms with E-state index in [4.69, 9.17) is 9.47 Å². The highest BCUT2D eigenvalue weighted by atomic mass is 32.2. The van der Waals surface area contributed by atoms with E-state index in [2.05, 4.69) is 18.7 Å². The fraction of sp³-hybridized carbons (Fsp3) is 0.667. The lowest BCUT2D eigenvalue weighted by molar-refractivity contribution is 0.0730. The van der Waals surface area contributed by atoms with Crippen LogP contribution in [-0.4, -0.2) is 70.2 Å². The van der Waals surface area contributed by atoms with E-state index < -0.39 is 10.0 Å². The Morgan fingerprint density at radius 2 is 1.80 bits per heavy atom. The molecule has 0 spiro atoms. The maximum Gasteiger partial charge on any atom is 0.243 e. The topological polar surface area (TPSA) is 59.1 Å². The summed E-state index contributed by atoms with van der Waals surface area (Å²) in [6.07, 6.45) is 2.39. The largest absolute Gasteiger partial charge is 0.492 e. The molecular weight excluding hydrogens is 340 g/mol.